The largest absolute Gasteiger partial charge is 0.364 e. The lowest BCUT2D eigenvalue weighted by Gasteiger charge is -2.50. The predicted octanol–water partition coefficient (Wildman–Crippen LogP) is 3.36. The van der Waals surface area contributed by atoms with Gasteiger partial charge < -0.3 is 10.2 Å². The van der Waals surface area contributed by atoms with E-state index < -0.39 is 0 Å². The maximum absolute atomic E-state index is 11.0. The van der Waals surface area contributed by atoms with Crippen LogP contribution in [0, 0.1) is 10.1 Å². The molecule has 5 nitrogen and oxygen atoms in total. The molecule has 2 aliphatic heterocycles. The first kappa shape index (κ1) is 14.6. The van der Waals surface area contributed by atoms with Gasteiger partial charge in [-0.15, -0.1) is 0 Å². The Bertz CT molecular complexity index is 538. The van der Waals surface area contributed by atoms with Crippen molar-refractivity contribution in [3.05, 3.63) is 33.3 Å². The highest BCUT2D eigenvalue weighted by atomic mass is 35.5. The molecule has 3 rings (SSSR count). The van der Waals surface area contributed by atoms with Crippen LogP contribution in [0.4, 0.5) is 11.4 Å². The minimum absolute atomic E-state index is 0.114. The van der Waals surface area contributed by atoms with Gasteiger partial charge in [0.1, 0.15) is 0 Å². The van der Waals surface area contributed by atoms with E-state index in [0.717, 1.165) is 31.4 Å². The van der Waals surface area contributed by atoms with Crippen LogP contribution in [0.3, 0.4) is 0 Å². The molecule has 0 amide bonds. The summed E-state index contributed by atoms with van der Waals surface area (Å²) in [6.07, 6.45) is 5.65. The first-order chi connectivity index (χ1) is 10.1. The molecule has 2 heterocycles. The van der Waals surface area contributed by atoms with E-state index in [1.54, 1.807) is 12.1 Å². The van der Waals surface area contributed by atoms with E-state index in [-0.39, 0.29) is 10.6 Å². The van der Waals surface area contributed by atoms with E-state index in [4.69, 9.17) is 11.6 Å². The SMILES string of the molecule is CNC1CC2CCCC(C1)N2c1cc([N+](=O)[O-])ccc1Cl. The zero-order valence-corrected chi connectivity index (χ0v) is 12.8. The molecule has 0 saturated carbocycles. The molecule has 2 fully saturated rings. The third-order valence-corrected chi connectivity index (χ3v) is 5.12. The summed E-state index contributed by atoms with van der Waals surface area (Å²) in [6.45, 7) is 0. The van der Waals surface area contributed by atoms with Crippen LogP contribution in [-0.4, -0.2) is 30.1 Å². The van der Waals surface area contributed by atoms with Gasteiger partial charge in [0.25, 0.3) is 5.69 Å². The molecule has 6 heteroatoms. The maximum Gasteiger partial charge on any atom is 0.271 e. The lowest BCUT2D eigenvalue weighted by Crippen LogP contribution is -2.56. The van der Waals surface area contributed by atoms with Crippen molar-refractivity contribution in [2.45, 2.75) is 50.2 Å². The van der Waals surface area contributed by atoms with Crippen LogP contribution in [0.5, 0.6) is 0 Å². The molecule has 2 atom stereocenters. The fourth-order valence-electron chi connectivity index (χ4n) is 3.82. The van der Waals surface area contributed by atoms with Crippen LogP contribution < -0.4 is 10.2 Å². The fraction of sp³-hybridized carbons (Fsp3) is 0.600. The number of piperidine rings is 2. The Morgan fingerprint density at radius 3 is 2.57 bits per heavy atom. The third-order valence-electron chi connectivity index (χ3n) is 4.80. The number of rotatable bonds is 3. The van der Waals surface area contributed by atoms with Crippen molar-refractivity contribution in [3.63, 3.8) is 0 Å². The quantitative estimate of drug-likeness (QED) is 0.687. The van der Waals surface area contributed by atoms with E-state index in [0.29, 0.717) is 23.1 Å². The van der Waals surface area contributed by atoms with Crippen LogP contribution in [-0.2, 0) is 0 Å². The van der Waals surface area contributed by atoms with E-state index in [2.05, 4.69) is 10.2 Å². The number of anilines is 1. The van der Waals surface area contributed by atoms with Crippen LogP contribution >= 0.6 is 11.6 Å². The maximum atomic E-state index is 11.0. The van der Waals surface area contributed by atoms with E-state index in [1.165, 1.54) is 12.5 Å². The monoisotopic (exact) mass is 309 g/mol. The van der Waals surface area contributed by atoms with Crippen molar-refractivity contribution in [3.8, 4) is 0 Å². The van der Waals surface area contributed by atoms with Gasteiger partial charge in [0.05, 0.1) is 15.6 Å². The van der Waals surface area contributed by atoms with Gasteiger partial charge >= 0.3 is 0 Å². The number of nitro groups is 1. The number of hydrogen-bond acceptors (Lipinski definition) is 4. The Morgan fingerprint density at radius 1 is 1.33 bits per heavy atom. The Labute approximate surface area is 129 Å². The van der Waals surface area contributed by atoms with Crippen LogP contribution in [0.25, 0.3) is 0 Å². The third kappa shape index (κ3) is 2.72. The smallest absolute Gasteiger partial charge is 0.271 e. The van der Waals surface area contributed by atoms with E-state index in [9.17, 15) is 10.1 Å². The second kappa shape index (κ2) is 5.81. The number of fused-ring (bicyclic) bond motifs is 2. The minimum Gasteiger partial charge on any atom is -0.364 e. The summed E-state index contributed by atoms with van der Waals surface area (Å²) in [5.41, 5.74) is 0.943. The van der Waals surface area contributed by atoms with E-state index >= 15 is 0 Å². The van der Waals surface area contributed by atoms with Crippen LogP contribution in [0.15, 0.2) is 18.2 Å². The molecule has 0 aromatic heterocycles. The van der Waals surface area contributed by atoms with Crippen molar-refractivity contribution in [2.75, 3.05) is 11.9 Å². The first-order valence-electron chi connectivity index (χ1n) is 7.49. The van der Waals surface area contributed by atoms with Gasteiger partial charge in [0, 0.05) is 30.3 Å². The number of nitro benzene ring substituents is 1. The fourth-order valence-corrected chi connectivity index (χ4v) is 4.04. The van der Waals surface area contributed by atoms with Crippen molar-refractivity contribution < 1.29 is 4.92 Å². The molecule has 21 heavy (non-hydrogen) atoms. The molecule has 0 aliphatic carbocycles. The van der Waals surface area contributed by atoms with Gasteiger partial charge in [-0.3, -0.25) is 10.1 Å². The summed E-state index contributed by atoms with van der Waals surface area (Å²) in [5, 5.41) is 15.0. The highest BCUT2D eigenvalue weighted by Gasteiger charge is 2.38. The Kier molecular flexibility index (Phi) is 4.04. The standard InChI is InChI=1S/C15H20ClN3O2/c1-17-10-7-11-3-2-4-12(8-10)18(11)15-9-13(19(20)21)5-6-14(15)16/h5-6,9-12,17H,2-4,7-8H2,1H3. The number of hydrogen-bond donors (Lipinski definition) is 1. The van der Waals surface area contributed by atoms with Gasteiger partial charge in [0.15, 0.2) is 0 Å². The van der Waals surface area contributed by atoms with Crippen molar-refractivity contribution in [2.24, 2.45) is 0 Å². The molecule has 1 N–H and O–H groups in total. The molecule has 0 radical (unpaired) electrons. The van der Waals surface area contributed by atoms with Gasteiger partial charge in [-0.2, -0.15) is 0 Å². The predicted molar refractivity (Wildman–Crippen MR) is 84.1 cm³/mol. The summed E-state index contributed by atoms with van der Waals surface area (Å²) in [4.78, 5) is 13.0. The first-order valence-corrected chi connectivity index (χ1v) is 7.87. The number of benzene rings is 1. The molecule has 0 spiro atoms. The van der Waals surface area contributed by atoms with Crippen LogP contribution in [0.1, 0.15) is 32.1 Å². The minimum atomic E-state index is -0.351. The lowest BCUT2D eigenvalue weighted by molar-refractivity contribution is -0.384. The summed E-state index contributed by atoms with van der Waals surface area (Å²) in [5.74, 6) is 0. The lowest BCUT2D eigenvalue weighted by atomic mass is 9.81. The normalized spacial score (nSPS) is 28.5. The average Bonchev–Trinajstić information content (AvgIpc) is 2.46. The van der Waals surface area contributed by atoms with Crippen molar-refractivity contribution in [1.82, 2.24) is 5.32 Å². The summed E-state index contributed by atoms with van der Waals surface area (Å²) >= 11 is 6.34. The van der Waals surface area contributed by atoms with Crippen molar-refractivity contribution >= 4 is 23.0 Å². The van der Waals surface area contributed by atoms with Crippen molar-refractivity contribution in [1.29, 1.82) is 0 Å². The van der Waals surface area contributed by atoms with Gasteiger partial charge in [-0.25, -0.2) is 0 Å². The van der Waals surface area contributed by atoms with Gasteiger partial charge in [0.2, 0.25) is 0 Å². The Balaban J connectivity index is 1.96. The second-order valence-corrected chi connectivity index (χ2v) is 6.40. The van der Waals surface area contributed by atoms with Gasteiger partial charge in [-0.1, -0.05) is 11.6 Å². The highest BCUT2D eigenvalue weighted by Crippen LogP contribution is 2.41. The number of halogens is 1. The van der Waals surface area contributed by atoms with Crippen LogP contribution in [0.2, 0.25) is 5.02 Å². The Hall–Kier alpha value is -1.33. The molecule has 1 aromatic carbocycles. The molecule has 2 unspecified atom stereocenters. The molecule has 2 aliphatic rings. The topological polar surface area (TPSA) is 58.4 Å². The Morgan fingerprint density at radius 2 is 2.00 bits per heavy atom. The molecular weight excluding hydrogens is 290 g/mol. The molecule has 2 saturated heterocycles. The van der Waals surface area contributed by atoms with E-state index in [1.807, 2.05) is 7.05 Å². The number of non-ortho nitro benzene ring substituents is 1. The zero-order valence-electron chi connectivity index (χ0n) is 12.1. The molecule has 2 bridgehead atoms. The average molecular weight is 310 g/mol. The zero-order chi connectivity index (χ0) is 15.0. The molecule has 114 valence electrons. The molecule has 1 aromatic rings. The molecular formula is C15H20ClN3O2. The number of nitrogens with zero attached hydrogens (tertiary/aromatic N) is 2. The van der Waals surface area contributed by atoms with Gasteiger partial charge in [-0.05, 0) is 45.2 Å². The summed E-state index contributed by atoms with van der Waals surface area (Å²) in [6, 6.07) is 6.14. The second-order valence-electron chi connectivity index (χ2n) is 6.00. The summed E-state index contributed by atoms with van der Waals surface area (Å²) < 4.78 is 0. The highest BCUT2D eigenvalue weighted by molar-refractivity contribution is 6.33. The summed E-state index contributed by atoms with van der Waals surface area (Å²) in [7, 11) is 2.01. The number of nitrogens with one attached hydrogen (secondary N) is 1.